The number of hydrogen-bond donors (Lipinski definition) is 1. The molecular formula is C18H28N2O4. The van der Waals surface area contributed by atoms with Gasteiger partial charge in [0.05, 0.1) is 7.11 Å². The normalized spacial score (nSPS) is 12.6. The van der Waals surface area contributed by atoms with E-state index >= 15 is 0 Å². The van der Waals surface area contributed by atoms with E-state index in [-0.39, 0.29) is 0 Å². The lowest BCUT2D eigenvalue weighted by atomic mass is 10.2. The van der Waals surface area contributed by atoms with Crippen LogP contribution < -0.4 is 5.32 Å². The predicted octanol–water partition coefficient (Wildman–Crippen LogP) is 2.57. The summed E-state index contributed by atoms with van der Waals surface area (Å²) >= 11 is 0. The van der Waals surface area contributed by atoms with E-state index in [1.54, 1.807) is 20.8 Å². The first-order valence-corrected chi connectivity index (χ1v) is 8.08. The van der Waals surface area contributed by atoms with Crippen molar-refractivity contribution in [2.75, 3.05) is 20.2 Å². The van der Waals surface area contributed by atoms with Gasteiger partial charge >= 0.3 is 12.1 Å². The highest BCUT2D eigenvalue weighted by Crippen LogP contribution is 2.09. The van der Waals surface area contributed by atoms with Crippen LogP contribution in [0.1, 0.15) is 33.3 Å². The number of amides is 1. The third-order valence-corrected chi connectivity index (χ3v) is 3.31. The van der Waals surface area contributed by atoms with Gasteiger partial charge in [0.15, 0.2) is 0 Å². The smallest absolute Gasteiger partial charge is 0.408 e. The Morgan fingerprint density at radius 1 is 1.21 bits per heavy atom. The molecule has 0 radical (unpaired) electrons. The van der Waals surface area contributed by atoms with Gasteiger partial charge in [-0.15, -0.1) is 0 Å². The fourth-order valence-electron chi connectivity index (χ4n) is 2.18. The molecule has 6 nitrogen and oxygen atoms in total. The summed E-state index contributed by atoms with van der Waals surface area (Å²) < 4.78 is 10.0. The van der Waals surface area contributed by atoms with Crippen LogP contribution in [0.5, 0.6) is 0 Å². The molecule has 0 saturated carbocycles. The van der Waals surface area contributed by atoms with Crippen LogP contribution in [0.4, 0.5) is 4.79 Å². The summed E-state index contributed by atoms with van der Waals surface area (Å²) in [4.78, 5) is 26.0. The maximum Gasteiger partial charge on any atom is 0.408 e. The minimum atomic E-state index is -0.784. The zero-order valence-corrected chi connectivity index (χ0v) is 15.2. The summed E-state index contributed by atoms with van der Waals surface area (Å²) in [7, 11) is 1.31. The van der Waals surface area contributed by atoms with E-state index in [2.05, 4.69) is 10.2 Å². The zero-order valence-electron chi connectivity index (χ0n) is 15.2. The van der Waals surface area contributed by atoms with Crippen LogP contribution in [-0.4, -0.2) is 48.8 Å². The molecule has 0 bridgehead atoms. The Kier molecular flexibility index (Phi) is 7.71. The molecule has 0 saturated heterocycles. The van der Waals surface area contributed by atoms with Crippen molar-refractivity contribution in [1.82, 2.24) is 10.2 Å². The van der Waals surface area contributed by atoms with Gasteiger partial charge in [0, 0.05) is 13.1 Å². The van der Waals surface area contributed by atoms with Crippen LogP contribution >= 0.6 is 0 Å². The van der Waals surface area contributed by atoms with E-state index in [1.807, 2.05) is 37.3 Å². The molecule has 0 unspecified atom stereocenters. The molecule has 1 aromatic rings. The molecule has 6 heteroatoms. The number of methoxy groups -OCH3 is 1. The fourth-order valence-corrected chi connectivity index (χ4v) is 2.18. The number of carbonyl (C=O) groups excluding carboxylic acids is 2. The highest BCUT2D eigenvalue weighted by molar-refractivity contribution is 5.81. The topological polar surface area (TPSA) is 67.9 Å². The first kappa shape index (κ1) is 20.0. The zero-order chi connectivity index (χ0) is 18.2. The molecule has 0 fully saturated rings. The third-order valence-electron chi connectivity index (χ3n) is 3.31. The summed E-state index contributed by atoms with van der Waals surface area (Å²) in [6.45, 7) is 9.08. The van der Waals surface area contributed by atoms with Gasteiger partial charge in [0.25, 0.3) is 0 Å². The molecule has 0 aromatic heterocycles. The molecule has 1 aromatic carbocycles. The molecule has 1 N–H and O–H groups in total. The van der Waals surface area contributed by atoms with Gasteiger partial charge in [0.1, 0.15) is 11.6 Å². The molecule has 0 spiro atoms. The van der Waals surface area contributed by atoms with E-state index in [0.717, 1.165) is 12.1 Å². The first-order valence-electron chi connectivity index (χ1n) is 8.08. The minimum Gasteiger partial charge on any atom is -0.467 e. The van der Waals surface area contributed by atoms with E-state index in [0.29, 0.717) is 13.1 Å². The number of esters is 1. The third kappa shape index (κ3) is 7.46. The van der Waals surface area contributed by atoms with Crippen molar-refractivity contribution in [2.24, 2.45) is 0 Å². The number of hydrogen-bond acceptors (Lipinski definition) is 5. The lowest BCUT2D eigenvalue weighted by Crippen LogP contribution is -2.50. The van der Waals surface area contributed by atoms with Crippen molar-refractivity contribution in [3.05, 3.63) is 35.9 Å². The highest BCUT2D eigenvalue weighted by atomic mass is 16.6. The molecule has 0 heterocycles. The molecule has 24 heavy (non-hydrogen) atoms. The van der Waals surface area contributed by atoms with Gasteiger partial charge in [-0.3, -0.25) is 4.90 Å². The maximum atomic E-state index is 12.0. The van der Waals surface area contributed by atoms with Gasteiger partial charge < -0.3 is 14.8 Å². The van der Waals surface area contributed by atoms with Gasteiger partial charge in [-0.05, 0) is 32.9 Å². The summed E-state index contributed by atoms with van der Waals surface area (Å²) in [5.41, 5.74) is 0.513. The molecule has 1 atom stereocenters. The Bertz CT molecular complexity index is 526. The average Bonchev–Trinajstić information content (AvgIpc) is 2.51. The van der Waals surface area contributed by atoms with Crippen LogP contribution in [0.15, 0.2) is 30.3 Å². The minimum absolute atomic E-state index is 0.345. The summed E-state index contributed by atoms with van der Waals surface area (Å²) in [6.07, 6.45) is -0.631. The summed E-state index contributed by atoms with van der Waals surface area (Å²) in [5.74, 6) is -0.493. The second kappa shape index (κ2) is 9.27. The first-order chi connectivity index (χ1) is 11.2. The van der Waals surface area contributed by atoms with E-state index in [9.17, 15) is 9.59 Å². The van der Waals surface area contributed by atoms with Crippen molar-refractivity contribution < 1.29 is 19.1 Å². The van der Waals surface area contributed by atoms with Crippen LogP contribution in [-0.2, 0) is 20.8 Å². The molecule has 134 valence electrons. The summed E-state index contributed by atoms with van der Waals surface area (Å²) in [6, 6.07) is 9.17. The molecular weight excluding hydrogens is 308 g/mol. The van der Waals surface area contributed by atoms with E-state index < -0.39 is 23.7 Å². The standard InChI is InChI=1S/C18H28N2O4/c1-6-20(12-14-10-8-7-9-11-14)13-15(16(21)23-5)19-17(22)24-18(2,3)4/h7-11,15H,6,12-13H2,1-5H3,(H,19,22)/t15-/m0/s1. The summed E-state index contributed by atoms with van der Waals surface area (Å²) in [5, 5.41) is 2.60. The lowest BCUT2D eigenvalue weighted by Gasteiger charge is -2.27. The molecule has 0 aliphatic carbocycles. The Hall–Kier alpha value is -2.08. The second-order valence-corrected chi connectivity index (χ2v) is 6.54. The number of alkyl carbamates (subject to hydrolysis) is 1. The van der Waals surface area contributed by atoms with Crippen molar-refractivity contribution in [3.63, 3.8) is 0 Å². The van der Waals surface area contributed by atoms with Crippen LogP contribution in [0.25, 0.3) is 0 Å². The Morgan fingerprint density at radius 2 is 1.83 bits per heavy atom. The van der Waals surface area contributed by atoms with E-state index in [1.165, 1.54) is 7.11 Å². The average molecular weight is 336 g/mol. The van der Waals surface area contributed by atoms with Crippen LogP contribution in [0, 0.1) is 0 Å². The van der Waals surface area contributed by atoms with E-state index in [4.69, 9.17) is 9.47 Å². The number of rotatable bonds is 7. The van der Waals surface area contributed by atoms with Crippen molar-refractivity contribution in [3.8, 4) is 0 Å². The number of benzene rings is 1. The largest absolute Gasteiger partial charge is 0.467 e. The van der Waals surface area contributed by atoms with Gasteiger partial charge in [-0.25, -0.2) is 9.59 Å². The number of nitrogens with zero attached hydrogens (tertiary/aromatic N) is 1. The van der Waals surface area contributed by atoms with Gasteiger partial charge in [0.2, 0.25) is 0 Å². The Morgan fingerprint density at radius 3 is 2.33 bits per heavy atom. The number of nitrogens with one attached hydrogen (secondary N) is 1. The van der Waals surface area contributed by atoms with Crippen LogP contribution in [0.3, 0.4) is 0 Å². The Labute approximate surface area is 144 Å². The predicted molar refractivity (Wildman–Crippen MR) is 92.6 cm³/mol. The maximum absolute atomic E-state index is 12.0. The quantitative estimate of drug-likeness (QED) is 0.775. The Balaban J connectivity index is 2.72. The van der Waals surface area contributed by atoms with Crippen LogP contribution in [0.2, 0.25) is 0 Å². The molecule has 1 rings (SSSR count). The van der Waals surface area contributed by atoms with Crippen molar-refractivity contribution in [1.29, 1.82) is 0 Å². The second-order valence-electron chi connectivity index (χ2n) is 6.54. The lowest BCUT2D eigenvalue weighted by molar-refractivity contribution is -0.143. The fraction of sp³-hybridized carbons (Fsp3) is 0.556. The van der Waals surface area contributed by atoms with Gasteiger partial charge in [-0.1, -0.05) is 37.3 Å². The molecule has 0 aliphatic heterocycles. The number of likely N-dealkylation sites (N-methyl/N-ethyl adjacent to an activating group) is 1. The number of ether oxygens (including phenoxy) is 2. The van der Waals surface area contributed by atoms with Crippen molar-refractivity contribution in [2.45, 2.75) is 45.9 Å². The number of carbonyl (C=O) groups is 2. The van der Waals surface area contributed by atoms with Gasteiger partial charge in [-0.2, -0.15) is 0 Å². The SMILES string of the molecule is CCN(Cc1ccccc1)C[C@H](NC(=O)OC(C)(C)C)C(=O)OC. The molecule has 0 aliphatic rings. The monoisotopic (exact) mass is 336 g/mol. The highest BCUT2D eigenvalue weighted by Gasteiger charge is 2.26. The van der Waals surface area contributed by atoms with Crippen molar-refractivity contribution >= 4 is 12.1 Å². The molecule has 1 amide bonds.